The van der Waals surface area contributed by atoms with Crippen LogP contribution in [0.2, 0.25) is 0 Å². The van der Waals surface area contributed by atoms with Gasteiger partial charge in [-0.1, -0.05) is 6.92 Å². The molecule has 1 rings (SSSR count). The average molecular weight is 172 g/mol. The lowest BCUT2D eigenvalue weighted by molar-refractivity contribution is 0.0494. The van der Waals surface area contributed by atoms with Crippen LogP contribution >= 0.6 is 0 Å². The molecule has 0 bridgehead atoms. The zero-order chi connectivity index (χ0) is 8.97. The maximum atomic E-state index is 9.62. The highest BCUT2D eigenvalue weighted by Gasteiger charge is 2.21. The van der Waals surface area contributed by atoms with Gasteiger partial charge in [0.15, 0.2) is 0 Å². The molecule has 0 amide bonds. The molecule has 12 heavy (non-hydrogen) atoms. The van der Waals surface area contributed by atoms with E-state index in [0.717, 1.165) is 32.6 Å². The van der Waals surface area contributed by atoms with Crippen molar-refractivity contribution in [3.05, 3.63) is 0 Å². The average Bonchev–Trinajstić information content (AvgIpc) is 2.17. The fourth-order valence-corrected chi connectivity index (χ4v) is 1.67. The van der Waals surface area contributed by atoms with Gasteiger partial charge in [-0.25, -0.2) is 0 Å². The number of rotatable bonds is 3. The van der Waals surface area contributed by atoms with Gasteiger partial charge in [0.25, 0.3) is 0 Å². The Morgan fingerprint density at radius 3 is 2.50 bits per heavy atom. The van der Waals surface area contributed by atoms with Gasteiger partial charge in [-0.3, -0.25) is 4.90 Å². The maximum Gasteiger partial charge on any atom is 0.0690 e. The fourth-order valence-electron chi connectivity index (χ4n) is 1.67. The van der Waals surface area contributed by atoms with Gasteiger partial charge >= 0.3 is 0 Å². The van der Waals surface area contributed by atoms with Gasteiger partial charge in [-0.2, -0.15) is 0 Å². The number of hydrogen-bond acceptors (Lipinski definition) is 3. The third-order valence-corrected chi connectivity index (χ3v) is 2.70. The maximum absolute atomic E-state index is 9.62. The normalized spacial score (nSPS) is 25.2. The van der Waals surface area contributed by atoms with Crippen molar-refractivity contribution in [2.24, 2.45) is 0 Å². The molecule has 1 aliphatic heterocycles. The summed E-state index contributed by atoms with van der Waals surface area (Å²) in [6.45, 7) is 8.39. The first kappa shape index (κ1) is 9.96. The van der Waals surface area contributed by atoms with Crippen molar-refractivity contribution in [3.63, 3.8) is 0 Å². The van der Waals surface area contributed by atoms with E-state index < -0.39 is 0 Å². The quantitative estimate of drug-likeness (QED) is 0.631. The van der Waals surface area contributed by atoms with E-state index in [0.29, 0.717) is 6.04 Å². The molecule has 72 valence electrons. The van der Waals surface area contributed by atoms with Crippen LogP contribution in [0.5, 0.6) is 0 Å². The molecule has 1 heterocycles. The second kappa shape index (κ2) is 4.80. The van der Waals surface area contributed by atoms with E-state index in [-0.39, 0.29) is 6.10 Å². The molecule has 3 nitrogen and oxygen atoms in total. The molecule has 1 unspecified atom stereocenters. The van der Waals surface area contributed by atoms with Crippen molar-refractivity contribution < 1.29 is 5.11 Å². The van der Waals surface area contributed by atoms with Crippen LogP contribution < -0.4 is 5.32 Å². The van der Waals surface area contributed by atoms with Crippen molar-refractivity contribution in [1.82, 2.24) is 10.2 Å². The highest BCUT2D eigenvalue weighted by atomic mass is 16.3. The molecular weight excluding hydrogens is 152 g/mol. The first-order chi connectivity index (χ1) is 5.75. The topological polar surface area (TPSA) is 35.5 Å². The molecule has 0 aromatic heterocycles. The van der Waals surface area contributed by atoms with Crippen LogP contribution in [0.1, 0.15) is 20.3 Å². The van der Waals surface area contributed by atoms with Crippen molar-refractivity contribution >= 4 is 0 Å². The first-order valence-corrected chi connectivity index (χ1v) is 4.88. The van der Waals surface area contributed by atoms with Gasteiger partial charge in [-0.15, -0.1) is 0 Å². The molecular formula is C9H20N2O. The summed E-state index contributed by atoms with van der Waals surface area (Å²) in [5, 5.41) is 12.9. The van der Waals surface area contributed by atoms with Crippen LogP contribution in [0.15, 0.2) is 0 Å². The Bertz CT molecular complexity index is 124. The minimum atomic E-state index is -0.164. The molecule has 0 spiro atoms. The second-order valence-electron chi connectivity index (χ2n) is 3.50. The second-order valence-corrected chi connectivity index (χ2v) is 3.50. The molecule has 0 radical (unpaired) electrons. The van der Waals surface area contributed by atoms with Crippen molar-refractivity contribution in [2.45, 2.75) is 32.4 Å². The molecule has 1 saturated heterocycles. The van der Waals surface area contributed by atoms with Crippen LogP contribution in [0.3, 0.4) is 0 Å². The summed E-state index contributed by atoms with van der Waals surface area (Å²) >= 11 is 0. The van der Waals surface area contributed by atoms with Crippen LogP contribution in [-0.2, 0) is 0 Å². The predicted molar refractivity (Wildman–Crippen MR) is 50.2 cm³/mol. The summed E-state index contributed by atoms with van der Waals surface area (Å²) in [6.07, 6.45) is 0.688. The lowest BCUT2D eigenvalue weighted by atomic mass is 10.1. The summed E-state index contributed by atoms with van der Waals surface area (Å²) in [5.41, 5.74) is 0. The third-order valence-electron chi connectivity index (χ3n) is 2.70. The van der Waals surface area contributed by atoms with Crippen LogP contribution in [0, 0.1) is 0 Å². The molecule has 2 N–H and O–H groups in total. The minimum Gasteiger partial charge on any atom is -0.392 e. The van der Waals surface area contributed by atoms with Crippen LogP contribution in [-0.4, -0.2) is 48.3 Å². The molecule has 3 heteroatoms. The Hall–Kier alpha value is -0.120. The van der Waals surface area contributed by atoms with Gasteiger partial charge in [0.2, 0.25) is 0 Å². The zero-order valence-corrected chi connectivity index (χ0v) is 8.08. The number of aliphatic hydroxyl groups is 1. The van der Waals surface area contributed by atoms with E-state index >= 15 is 0 Å². The third kappa shape index (κ3) is 2.44. The standard InChI is InChI=1S/C9H20N2O/c1-3-9(12)8(2)11-6-4-10-5-7-11/h8-10,12H,3-7H2,1-2H3/t8-,9?/m1/s1. The number of nitrogens with one attached hydrogen (secondary N) is 1. The monoisotopic (exact) mass is 172 g/mol. The highest BCUT2D eigenvalue weighted by Crippen LogP contribution is 2.07. The van der Waals surface area contributed by atoms with E-state index in [1.165, 1.54) is 0 Å². The van der Waals surface area contributed by atoms with Gasteiger partial charge in [0, 0.05) is 32.2 Å². The first-order valence-electron chi connectivity index (χ1n) is 4.88. The van der Waals surface area contributed by atoms with E-state index in [4.69, 9.17) is 0 Å². The predicted octanol–water partition coefficient (Wildman–Crippen LogP) is 0.0510. The minimum absolute atomic E-state index is 0.164. The molecule has 1 aliphatic rings. The van der Waals surface area contributed by atoms with Gasteiger partial charge in [-0.05, 0) is 13.3 Å². The summed E-state index contributed by atoms with van der Waals surface area (Å²) in [7, 11) is 0. The lowest BCUT2D eigenvalue weighted by Gasteiger charge is -2.35. The van der Waals surface area contributed by atoms with E-state index in [1.807, 2.05) is 6.92 Å². The van der Waals surface area contributed by atoms with Crippen LogP contribution in [0.4, 0.5) is 0 Å². The zero-order valence-electron chi connectivity index (χ0n) is 8.08. The largest absolute Gasteiger partial charge is 0.392 e. The highest BCUT2D eigenvalue weighted by molar-refractivity contribution is 4.77. The molecule has 0 aromatic carbocycles. The van der Waals surface area contributed by atoms with E-state index in [1.54, 1.807) is 0 Å². The molecule has 0 aliphatic carbocycles. The van der Waals surface area contributed by atoms with E-state index in [2.05, 4.69) is 17.1 Å². The molecule has 0 aromatic rings. The number of hydrogen-bond donors (Lipinski definition) is 2. The Kier molecular flexibility index (Phi) is 3.98. The SMILES string of the molecule is CCC(O)[C@@H](C)N1CCNCC1. The Balaban J connectivity index is 2.33. The number of aliphatic hydroxyl groups excluding tert-OH is 1. The molecule has 0 saturated carbocycles. The number of piperazine rings is 1. The summed E-state index contributed by atoms with van der Waals surface area (Å²) in [4.78, 5) is 2.35. The summed E-state index contributed by atoms with van der Waals surface area (Å²) < 4.78 is 0. The Labute approximate surface area is 74.8 Å². The lowest BCUT2D eigenvalue weighted by Crippen LogP contribution is -2.51. The van der Waals surface area contributed by atoms with Gasteiger partial charge in [0.1, 0.15) is 0 Å². The van der Waals surface area contributed by atoms with Crippen LogP contribution in [0.25, 0.3) is 0 Å². The Morgan fingerprint density at radius 2 is 2.00 bits per heavy atom. The molecule has 2 atom stereocenters. The van der Waals surface area contributed by atoms with Gasteiger partial charge in [0.05, 0.1) is 6.10 Å². The number of nitrogens with zero attached hydrogens (tertiary/aromatic N) is 1. The van der Waals surface area contributed by atoms with Crippen molar-refractivity contribution in [2.75, 3.05) is 26.2 Å². The van der Waals surface area contributed by atoms with Crippen molar-refractivity contribution in [1.29, 1.82) is 0 Å². The summed E-state index contributed by atoms with van der Waals surface area (Å²) in [5.74, 6) is 0. The van der Waals surface area contributed by atoms with Crippen molar-refractivity contribution in [3.8, 4) is 0 Å². The van der Waals surface area contributed by atoms with Gasteiger partial charge < -0.3 is 10.4 Å². The summed E-state index contributed by atoms with van der Waals surface area (Å²) in [6, 6.07) is 0.317. The Morgan fingerprint density at radius 1 is 1.42 bits per heavy atom. The smallest absolute Gasteiger partial charge is 0.0690 e. The van der Waals surface area contributed by atoms with E-state index in [9.17, 15) is 5.11 Å². The fraction of sp³-hybridized carbons (Fsp3) is 1.00. The molecule has 1 fully saturated rings.